The van der Waals surface area contributed by atoms with Crippen molar-refractivity contribution >= 4 is 0 Å². The van der Waals surface area contributed by atoms with Crippen molar-refractivity contribution in [3.63, 3.8) is 0 Å². The summed E-state index contributed by atoms with van der Waals surface area (Å²) in [6.07, 6.45) is 4.11. The predicted molar refractivity (Wildman–Crippen MR) is 54.7 cm³/mol. The van der Waals surface area contributed by atoms with Gasteiger partial charge in [-0.3, -0.25) is 0 Å². The molecule has 13 heavy (non-hydrogen) atoms. The van der Waals surface area contributed by atoms with Gasteiger partial charge in [0.1, 0.15) is 0 Å². The quantitative estimate of drug-likeness (QED) is 0.643. The van der Waals surface area contributed by atoms with E-state index in [-0.39, 0.29) is 6.04 Å². The van der Waals surface area contributed by atoms with Crippen molar-refractivity contribution in [1.82, 2.24) is 5.32 Å². The third-order valence-electron chi connectivity index (χ3n) is 2.90. The Morgan fingerprint density at radius 1 is 1.54 bits per heavy atom. The fourth-order valence-electron chi connectivity index (χ4n) is 1.79. The molecule has 0 spiro atoms. The molecule has 0 radical (unpaired) electrons. The maximum atomic E-state index is 5.79. The van der Waals surface area contributed by atoms with Gasteiger partial charge in [0.15, 0.2) is 0 Å². The summed E-state index contributed by atoms with van der Waals surface area (Å²) in [5.74, 6) is 0. The van der Waals surface area contributed by atoms with Gasteiger partial charge in [-0.1, -0.05) is 13.3 Å². The first-order chi connectivity index (χ1) is 6.16. The smallest absolute Gasteiger partial charge is 0.0626 e. The van der Waals surface area contributed by atoms with E-state index in [1.807, 2.05) is 0 Å². The lowest BCUT2D eigenvalue weighted by atomic mass is 9.70. The Bertz CT molecular complexity index is 146. The van der Waals surface area contributed by atoms with Crippen LogP contribution in [0.4, 0.5) is 0 Å². The molecule has 0 amide bonds. The Morgan fingerprint density at radius 3 is 2.69 bits per heavy atom. The second-order valence-corrected chi connectivity index (χ2v) is 4.51. The predicted octanol–water partition coefficient (Wildman–Crippen LogP) is 0.740. The summed E-state index contributed by atoms with van der Waals surface area (Å²) in [6, 6.07) is 0.133. The monoisotopic (exact) mass is 186 g/mol. The van der Waals surface area contributed by atoms with Gasteiger partial charge in [0.2, 0.25) is 0 Å². The van der Waals surface area contributed by atoms with E-state index in [0.29, 0.717) is 12.0 Å². The summed E-state index contributed by atoms with van der Waals surface area (Å²) in [4.78, 5) is 0. The van der Waals surface area contributed by atoms with E-state index in [1.54, 1.807) is 7.11 Å². The topological polar surface area (TPSA) is 47.3 Å². The molecule has 0 saturated heterocycles. The average molecular weight is 186 g/mol. The summed E-state index contributed by atoms with van der Waals surface area (Å²) in [6.45, 7) is 4.95. The van der Waals surface area contributed by atoms with Gasteiger partial charge in [0.25, 0.3) is 0 Å². The van der Waals surface area contributed by atoms with E-state index >= 15 is 0 Å². The first kappa shape index (κ1) is 11.0. The second kappa shape index (κ2) is 4.94. The van der Waals surface area contributed by atoms with Crippen molar-refractivity contribution < 1.29 is 4.74 Å². The Kier molecular flexibility index (Phi) is 4.16. The van der Waals surface area contributed by atoms with Crippen LogP contribution in [0.15, 0.2) is 0 Å². The van der Waals surface area contributed by atoms with Gasteiger partial charge >= 0.3 is 0 Å². The minimum atomic E-state index is 0.133. The highest BCUT2D eigenvalue weighted by Crippen LogP contribution is 2.39. The van der Waals surface area contributed by atoms with Gasteiger partial charge in [-0.25, -0.2) is 0 Å². The standard InChI is InChI=1S/C10H22N2O/c1-10(4-3-5-10)8-12-6-9(11)7-13-2/h9,12H,3-8,11H2,1-2H3. The maximum absolute atomic E-state index is 5.79. The SMILES string of the molecule is COCC(N)CNCC1(C)CCC1. The highest BCUT2D eigenvalue weighted by Gasteiger charge is 2.30. The second-order valence-electron chi connectivity index (χ2n) is 4.51. The first-order valence-electron chi connectivity index (χ1n) is 5.11. The van der Waals surface area contributed by atoms with Gasteiger partial charge in [-0.05, 0) is 18.3 Å². The molecule has 1 unspecified atom stereocenters. The van der Waals surface area contributed by atoms with Crippen molar-refractivity contribution in [2.75, 3.05) is 26.8 Å². The van der Waals surface area contributed by atoms with Crippen LogP contribution in [0.25, 0.3) is 0 Å². The average Bonchev–Trinajstić information content (AvgIpc) is 2.02. The van der Waals surface area contributed by atoms with Crippen molar-refractivity contribution in [3.05, 3.63) is 0 Å². The van der Waals surface area contributed by atoms with Crippen LogP contribution in [0.3, 0.4) is 0 Å². The highest BCUT2D eigenvalue weighted by molar-refractivity contribution is 4.85. The van der Waals surface area contributed by atoms with Crippen LogP contribution in [0, 0.1) is 5.41 Å². The third kappa shape index (κ3) is 3.63. The van der Waals surface area contributed by atoms with Crippen LogP contribution in [0.2, 0.25) is 0 Å². The molecule has 3 heteroatoms. The maximum Gasteiger partial charge on any atom is 0.0626 e. The zero-order chi connectivity index (χ0) is 9.73. The van der Waals surface area contributed by atoms with E-state index in [4.69, 9.17) is 10.5 Å². The number of ether oxygens (including phenoxy) is 1. The molecule has 1 aliphatic rings. The minimum Gasteiger partial charge on any atom is -0.383 e. The molecule has 1 rings (SSSR count). The van der Waals surface area contributed by atoms with Gasteiger partial charge < -0.3 is 15.8 Å². The molecule has 3 nitrogen and oxygen atoms in total. The number of hydrogen-bond donors (Lipinski definition) is 2. The molecule has 1 saturated carbocycles. The zero-order valence-electron chi connectivity index (χ0n) is 8.81. The molecule has 0 aromatic rings. The molecule has 0 heterocycles. The van der Waals surface area contributed by atoms with E-state index < -0.39 is 0 Å². The molecule has 0 aromatic heterocycles. The number of rotatable bonds is 6. The number of methoxy groups -OCH3 is 1. The van der Waals surface area contributed by atoms with E-state index in [2.05, 4.69) is 12.2 Å². The van der Waals surface area contributed by atoms with Crippen molar-refractivity contribution in [1.29, 1.82) is 0 Å². The lowest BCUT2D eigenvalue weighted by Gasteiger charge is -2.38. The summed E-state index contributed by atoms with van der Waals surface area (Å²) in [5, 5.41) is 3.41. The van der Waals surface area contributed by atoms with Crippen LogP contribution < -0.4 is 11.1 Å². The Hall–Kier alpha value is -0.120. The van der Waals surface area contributed by atoms with Crippen LogP contribution in [0.5, 0.6) is 0 Å². The summed E-state index contributed by atoms with van der Waals surface area (Å²) >= 11 is 0. The molecule has 0 bridgehead atoms. The third-order valence-corrected chi connectivity index (χ3v) is 2.90. The first-order valence-corrected chi connectivity index (χ1v) is 5.11. The molecular weight excluding hydrogens is 164 g/mol. The summed E-state index contributed by atoms with van der Waals surface area (Å²) in [5.41, 5.74) is 6.33. The van der Waals surface area contributed by atoms with Crippen LogP contribution in [-0.2, 0) is 4.74 Å². The number of nitrogens with one attached hydrogen (secondary N) is 1. The van der Waals surface area contributed by atoms with E-state index in [9.17, 15) is 0 Å². The normalized spacial score (nSPS) is 22.4. The van der Waals surface area contributed by atoms with Gasteiger partial charge in [-0.2, -0.15) is 0 Å². The molecule has 0 aromatic carbocycles. The summed E-state index contributed by atoms with van der Waals surface area (Å²) in [7, 11) is 1.69. The van der Waals surface area contributed by atoms with Crippen LogP contribution >= 0.6 is 0 Å². The Morgan fingerprint density at radius 2 is 2.23 bits per heavy atom. The van der Waals surface area contributed by atoms with E-state index in [0.717, 1.165) is 13.1 Å². The molecule has 0 aliphatic heterocycles. The van der Waals surface area contributed by atoms with E-state index in [1.165, 1.54) is 19.3 Å². The number of hydrogen-bond acceptors (Lipinski definition) is 3. The molecule has 1 atom stereocenters. The molecule has 1 fully saturated rings. The Labute approximate surface area is 81.0 Å². The summed E-state index contributed by atoms with van der Waals surface area (Å²) < 4.78 is 4.96. The van der Waals surface area contributed by atoms with Crippen LogP contribution in [-0.4, -0.2) is 32.8 Å². The Balaban J connectivity index is 1.99. The number of nitrogens with two attached hydrogens (primary N) is 1. The van der Waals surface area contributed by atoms with Gasteiger partial charge in [-0.15, -0.1) is 0 Å². The lowest BCUT2D eigenvalue weighted by molar-refractivity contribution is 0.147. The minimum absolute atomic E-state index is 0.133. The largest absolute Gasteiger partial charge is 0.383 e. The lowest BCUT2D eigenvalue weighted by Crippen LogP contribution is -2.43. The molecule has 1 aliphatic carbocycles. The van der Waals surface area contributed by atoms with Crippen LogP contribution in [0.1, 0.15) is 26.2 Å². The van der Waals surface area contributed by atoms with Crippen molar-refractivity contribution in [3.8, 4) is 0 Å². The zero-order valence-corrected chi connectivity index (χ0v) is 8.81. The van der Waals surface area contributed by atoms with Crippen molar-refractivity contribution in [2.45, 2.75) is 32.2 Å². The highest BCUT2D eigenvalue weighted by atomic mass is 16.5. The molecular formula is C10H22N2O. The van der Waals surface area contributed by atoms with Gasteiger partial charge in [0.05, 0.1) is 6.61 Å². The van der Waals surface area contributed by atoms with Crippen molar-refractivity contribution in [2.24, 2.45) is 11.1 Å². The van der Waals surface area contributed by atoms with Gasteiger partial charge in [0, 0.05) is 26.2 Å². The molecule has 78 valence electrons. The molecule has 3 N–H and O–H groups in total. The fourth-order valence-corrected chi connectivity index (χ4v) is 1.79. The fraction of sp³-hybridized carbons (Fsp3) is 1.00.